The zero-order valence-corrected chi connectivity index (χ0v) is 20.9. The van der Waals surface area contributed by atoms with Crippen molar-refractivity contribution in [2.45, 2.75) is 82.6 Å². The van der Waals surface area contributed by atoms with Gasteiger partial charge in [0.25, 0.3) is 0 Å². The molecular weight excluding hydrogens is 492 g/mol. The zero-order chi connectivity index (χ0) is 29.6. The highest BCUT2D eigenvalue weighted by molar-refractivity contribution is 6.02. The molecule has 37 heavy (non-hydrogen) atoms. The first-order valence-electron chi connectivity index (χ1n) is 12.1. The summed E-state index contributed by atoms with van der Waals surface area (Å²) in [6.45, 7) is 2.76. The number of carboxylic acid groups (broad SMARTS) is 1. The molecule has 6 amide bonds. The summed E-state index contributed by atoms with van der Waals surface area (Å²) >= 11 is 0. The molecule has 0 radical (unpaired) electrons. The second kappa shape index (κ2) is 16.2. The SMILES string of the molecule is [2H]N[C@@H](C)C(=O)N[C@@H](CCC(=O)N(C(=O)C[C@@H](N)C(N)=O)[C@@H](CCCCN)C(=O)N[C@H](C)C(=O)O)C(N)=O. The van der Waals surface area contributed by atoms with Gasteiger partial charge in [-0.1, -0.05) is 0 Å². The third-order valence-corrected chi connectivity index (χ3v) is 5.27. The van der Waals surface area contributed by atoms with E-state index in [0.29, 0.717) is 11.3 Å². The van der Waals surface area contributed by atoms with Gasteiger partial charge in [-0.15, -0.1) is 0 Å². The van der Waals surface area contributed by atoms with Crippen molar-refractivity contribution in [1.82, 2.24) is 15.5 Å². The number of nitrogens with zero attached hydrogens (tertiary/aromatic N) is 1. The van der Waals surface area contributed by atoms with Crippen LogP contribution in [0.15, 0.2) is 0 Å². The Bertz CT molecular complexity index is 889. The van der Waals surface area contributed by atoms with E-state index >= 15 is 0 Å². The van der Waals surface area contributed by atoms with E-state index in [1.54, 1.807) is 0 Å². The quantitative estimate of drug-likeness (QED) is 0.0782. The molecule has 0 aliphatic carbocycles. The Kier molecular flexibility index (Phi) is 13.7. The van der Waals surface area contributed by atoms with E-state index < -0.39 is 84.5 Å². The van der Waals surface area contributed by atoms with E-state index in [2.05, 4.69) is 10.6 Å². The van der Waals surface area contributed by atoms with Gasteiger partial charge >= 0.3 is 5.97 Å². The highest BCUT2D eigenvalue weighted by Crippen LogP contribution is 2.16. The average Bonchev–Trinajstić information content (AvgIpc) is 2.84. The van der Waals surface area contributed by atoms with Crippen LogP contribution in [0.5, 0.6) is 0 Å². The Morgan fingerprint density at radius 1 is 0.919 bits per heavy atom. The lowest BCUT2D eigenvalue weighted by Gasteiger charge is -2.31. The monoisotopic (exact) mass is 531 g/mol. The molecule has 0 unspecified atom stereocenters. The molecule has 5 atom stereocenters. The minimum Gasteiger partial charge on any atom is -0.480 e. The standard InChI is InChI=1S/C21H38N8O8/c1-10(23)19(34)28-13(18(26)33)6-7-15(30)29(16(31)9-12(24)17(25)32)14(5-3-4-8-22)20(35)27-11(2)21(36)37/h10-14H,3-9,22-24H2,1-2H3,(H2,25,32)(H2,26,33)(H,27,35)(H,28,34)(H,36,37)/t10-,11+,12+,13-,14-/m0/s1/i/hD. The molecule has 210 valence electrons. The molecule has 0 aromatic carbocycles. The average molecular weight is 532 g/mol. The number of carbonyl (C=O) groups is 7. The fourth-order valence-electron chi connectivity index (χ4n) is 3.08. The van der Waals surface area contributed by atoms with Gasteiger partial charge in [-0.05, 0) is 46.1 Å². The highest BCUT2D eigenvalue weighted by Gasteiger charge is 2.37. The van der Waals surface area contributed by atoms with Crippen molar-refractivity contribution in [1.29, 1.82) is 0 Å². The smallest absolute Gasteiger partial charge is 0.325 e. The lowest BCUT2D eigenvalue weighted by atomic mass is 10.0. The molecule has 13 N–H and O–H groups in total. The van der Waals surface area contributed by atoms with Crippen molar-refractivity contribution in [2.24, 2.45) is 28.7 Å². The number of unbranched alkanes of at least 4 members (excludes halogenated alkanes) is 1. The van der Waals surface area contributed by atoms with Gasteiger partial charge in [-0.2, -0.15) is 0 Å². The number of nitrogens with one attached hydrogen (secondary N) is 2. The van der Waals surface area contributed by atoms with Crippen LogP contribution in [0.25, 0.3) is 0 Å². The normalized spacial score (nSPS) is 15.2. The lowest BCUT2D eigenvalue weighted by Crippen LogP contribution is -2.56. The topological polar surface area (TPSA) is 297 Å². The number of carbonyl (C=O) groups excluding carboxylic acids is 6. The Morgan fingerprint density at radius 2 is 1.54 bits per heavy atom. The summed E-state index contributed by atoms with van der Waals surface area (Å²) in [6, 6.07) is -6.71. The Morgan fingerprint density at radius 3 is 2.03 bits per heavy atom. The number of hydrogen-bond donors (Lipinski definition) is 8. The van der Waals surface area contributed by atoms with Crippen LogP contribution in [-0.4, -0.2) is 88.2 Å². The molecule has 0 spiro atoms. The number of carboxylic acids is 1. The van der Waals surface area contributed by atoms with Gasteiger partial charge < -0.3 is 44.4 Å². The van der Waals surface area contributed by atoms with E-state index in [1.807, 2.05) is 5.73 Å². The van der Waals surface area contributed by atoms with Crippen LogP contribution in [0.2, 0.25) is 1.41 Å². The van der Waals surface area contributed by atoms with Gasteiger partial charge in [-0.3, -0.25) is 38.5 Å². The van der Waals surface area contributed by atoms with Crippen molar-refractivity contribution in [3.05, 3.63) is 0 Å². The van der Waals surface area contributed by atoms with Crippen molar-refractivity contribution in [2.75, 3.05) is 6.54 Å². The van der Waals surface area contributed by atoms with E-state index in [-0.39, 0.29) is 25.8 Å². The summed E-state index contributed by atoms with van der Waals surface area (Å²) in [5, 5.41) is 13.6. The molecule has 0 fully saturated rings. The van der Waals surface area contributed by atoms with Crippen LogP contribution in [0.1, 0.15) is 52.4 Å². The van der Waals surface area contributed by atoms with Crippen LogP contribution in [0.3, 0.4) is 0 Å². The predicted octanol–water partition coefficient (Wildman–Crippen LogP) is -4.27. The maximum atomic E-state index is 13.3. The minimum atomic E-state index is -1.50. The molecule has 0 bridgehead atoms. The fourth-order valence-corrected chi connectivity index (χ4v) is 3.08. The minimum absolute atomic E-state index is 0.0959. The zero-order valence-electron chi connectivity index (χ0n) is 21.9. The van der Waals surface area contributed by atoms with Crippen LogP contribution < -0.4 is 39.3 Å². The molecule has 0 rings (SSSR count). The maximum Gasteiger partial charge on any atom is 0.325 e. The second-order valence-electron chi connectivity index (χ2n) is 8.46. The fraction of sp³-hybridized carbons (Fsp3) is 0.667. The number of amides is 6. The number of imide groups is 1. The van der Waals surface area contributed by atoms with Crippen molar-refractivity contribution in [3.8, 4) is 0 Å². The van der Waals surface area contributed by atoms with E-state index in [1.165, 1.54) is 13.8 Å². The molecule has 0 heterocycles. The summed E-state index contributed by atoms with van der Waals surface area (Å²) in [4.78, 5) is 86.4. The maximum absolute atomic E-state index is 13.3. The number of primary amides is 2. The van der Waals surface area contributed by atoms with Gasteiger partial charge in [-0.25, -0.2) is 0 Å². The van der Waals surface area contributed by atoms with Gasteiger partial charge in [0.1, 0.15) is 19.5 Å². The molecule has 0 aliphatic heterocycles. The lowest BCUT2D eigenvalue weighted by molar-refractivity contribution is -0.153. The molecule has 0 aromatic heterocycles. The third-order valence-electron chi connectivity index (χ3n) is 5.27. The Hall–Kier alpha value is -3.63. The van der Waals surface area contributed by atoms with Gasteiger partial charge in [0.15, 0.2) is 0 Å². The number of aliphatic carboxylic acids is 1. The molecule has 16 heteroatoms. The molecule has 16 nitrogen and oxygen atoms in total. The van der Waals surface area contributed by atoms with Crippen molar-refractivity contribution >= 4 is 41.4 Å². The Balaban J connectivity index is 6.12. The van der Waals surface area contributed by atoms with Crippen LogP contribution in [0.4, 0.5) is 0 Å². The first-order valence-corrected chi connectivity index (χ1v) is 11.6. The van der Waals surface area contributed by atoms with E-state index in [0.717, 1.165) is 0 Å². The first-order chi connectivity index (χ1) is 17.7. The summed E-state index contributed by atoms with van der Waals surface area (Å²) in [6.07, 6.45) is -1.09. The first kappa shape index (κ1) is 31.4. The van der Waals surface area contributed by atoms with Gasteiger partial charge in [0.2, 0.25) is 35.4 Å². The molecule has 0 aliphatic rings. The molecular formula is C21H38N8O8. The van der Waals surface area contributed by atoms with Crippen LogP contribution >= 0.6 is 0 Å². The molecule has 0 saturated heterocycles. The van der Waals surface area contributed by atoms with Crippen molar-refractivity contribution < 1.29 is 40.1 Å². The second-order valence-corrected chi connectivity index (χ2v) is 8.46. The summed E-state index contributed by atoms with van der Waals surface area (Å²) in [5.41, 5.74) is 23.4. The largest absolute Gasteiger partial charge is 0.480 e. The third kappa shape index (κ3) is 11.8. The van der Waals surface area contributed by atoms with Gasteiger partial charge in [0.05, 0.1) is 18.5 Å². The Labute approximate surface area is 215 Å². The van der Waals surface area contributed by atoms with Crippen LogP contribution in [-0.2, 0) is 33.6 Å². The van der Waals surface area contributed by atoms with E-state index in [4.69, 9.17) is 29.5 Å². The van der Waals surface area contributed by atoms with Crippen LogP contribution in [0, 0.1) is 0 Å². The predicted molar refractivity (Wildman–Crippen MR) is 130 cm³/mol. The summed E-state index contributed by atoms with van der Waals surface area (Å²) in [7, 11) is 0. The number of rotatable bonds is 18. The molecule has 0 saturated carbocycles. The number of nitrogens with two attached hydrogens (primary N) is 5. The van der Waals surface area contributed by atoms with Crippen molar-refractivity contribution in [3.63, 3.8) is 0 Å². The highest BCUT2D eigenvalue weighted by atomic mass is 16.4. The van der Waals surface area contributed by atoms with Gasteiger partial charge in [0, 0.05) is 6.42 Å². The summed E-state index contributed by atoms with van der Waals surface area (Å²) < 4.78 is 7.03. The van der Waals surface area contributed by atoms with E-state index in [9.17, 15) is 33.6 Å². The summed E-state index contributed by atoms with van der Waals surface area (Å²) in [5.74, 6) is -7.12. The molecule has 0 aromatic rings. The number of hydrogen-bond acceptors (Lipinski definition) is 10.